The third-order valence-electron chi connectivity index (χ3n) is 7.56. The predicted molar refractivity (Wildman–Crippen MR) is 138 cm³/mol. The highest BCUT2D eigenvalue weighted by Crippen LogP contribution is 2.44. The Balaban J connectivity index is 1.16. The van der Waals surface area contributed by atoms with Crippen LogP contribution in [0.2, 0.25) is 0 Å². The molecule has 1 saturated heterocycles. The minimum Gasteiger partial charge on any atom is -0.477 e. The number of pyridine rings is 1. The van der Waals surface area contributed by atoms with E-state index >= 15 is 0 Å². The van der Waals surface area contributed by atoms with Crippen molar-refractivity contribution in [2.24, 2.45) is 17.0 Å². The van der Waals surface area contributed by atoms with E-state index in [1.54, 1.807) is 11.1 Å². The number of primary sulfonamides is 1. The van der Waals surface area contributed by atoms with Crippen molar-refractivity contribution in [2.45, 2.75) is 60.7 Å². The van der Waals surface area contributed by atoms with E-state index in [0.29, 0.717) is 68.3 Å². The Morgan fingerprint density at radius 1 is 1.03 bits per heavy atom. The summed E-state index contributed by atoms with van der Waals surface area (Å²) in [6, 6.07) is 4.48. The Morgan fingerprint density at radius 2 is 1.74 bits per heavy atom. The van der Waals surface area contributed by atoms with Crippen molar-refractivity contribution in [1.29, 1.82) is 0 Å². The average molecular weight is 566 g/mol. The molecule has 12 heteroatoms. The van der Waals surface area contributed by atoms with Crippen LogP contribution in [0.15, 0.2) is 40.3 Å². The third-order valence-corrected chi connectivity index (χ3v) is 10.2. The van der Waals surface area contributed by atoms with Crippen LogP contribution in [0.5, 0.6) is 5.88 Å². The fourth-order valence-electron chi connectivity index (χ4n) is 4.82. The van der Waals surface area contributed by atoms with Gasteiger partial charge in [-0.15, -0.1) is 0 Å². The highest BCUT2D eigenvalue weighted by atomic mass is 32.2. The number of carbonyl (C=O) groups excluding carboxylic acids is 1. The molecular formula is C26H32FN3O6S2. The van der Waals surface area contributed by atoms with Gasteiger partial charge in [-0.2, -0.15) is 0 Å². The number of nitrogens with two attached hydrogens (primary N) is 1. The number of carbonyl (C=O) groups is 1. The van der Waals surface area contributed by atoms with E-state index in [0.717, 1.165) is 30.5 Å². The lowest BCUT2D eigenvalue weighted by Gasteiger charge is -2.32. The highest BCUT2D eigenvalue weighted by Gasteiger charge is 2.32. The number of hydrogen-bond acceptors (Lipinski definition) is 7. The lowest BCUT2D eigenvalue weighted by Crippen LogP contribution is -2.39. The first kappa shape index (κ1) is 27.0. The number of amides is 1. The Bertz CT molecular complexity index is 1430. The standard InChI is InChI=1S/C26H32FN3O6S2/c27-23-14-21(38(28,34)35)5-6-24(23)37(32,33)12-9-17-7-10-30(11-8-17)26(31)20-13-22(19-3-4-19)25(29-15-20)36-16-18-1-2-18/h5-6,13-15,17-19H,1-4,7-12,16H2,(H2,28,34,35). The second-order valence-corrected chi connectivity index (χ2v) is 14.3. The Hall–Kier alpha value is -2.57. The van der Waals surface area contributed by atoms with Gasteiger partial charge in [0.2, 0.25) is 15.9 Å². The topological polar surface area (TPSA) is 137 Å². The van der Waals surface area contributed by atoms with Crippen molar-refractivity contribution in [2.75, 3.05) is 25.4 Å². The van der Waals surface area contributed by atoms with Gasteiger partial charge in [0, 0.05) is 24.8 Å². The van der Waals surface area contributed by atoms with Gasteiger partial charge in [0.15, 0.2) is 9.84 Å². The summed E-state index contributed by atoms with van der Waals surface area (Å²) in [5.74, 6) is 0.240. The quantitative estimate of drug-likeness (QED) is 0.467. The number of aromatic nitrogens is 1. The summed E-state index contributed by atoms with van der Waals surface area (Å²) in [6.45, 7) is 1.68. The van der Waals surface area contributed by atoms with Crippen LogP contribution < -0.4 is 9.88 Å². The lowest BCUT2D eigenvalue weighted by molar-refractivity contribution is 0.0688. The number of hydrogen-bond donors (Lipinski definition) is 1. The molecule has 1 aliphatic heterocycles. The van der Waals surface area contributed by atoms with Gasteiger partial charge >= 0.3 is 0 Å². The number of likely N-dealkylation sites (tertiary alicyclic amines) is 1. The molecule has 2 saturated carbocycles. The first-order valence-electron chi connectivity index (χ1n) is 13.0. The fourth-order valence-corrected chi connectivity index (χ4v) is 6.85. The van der Waals surface area contributed by atoms with Gasteiger partial charge in [0.1, 0.15) is 10.7 Å². The van der Waals surface area contributed by atoms with Crippen molar-refractivity contribution < 1.29 is 30.8 Å². The van der Waals surface area contributed by atoms with E-state index in [4.69, 9.17) is 9.88 Å². The molecule has 0 bridgehead atoms. The SMILES string of the molecule is NS(=O)(=O)c1ccc(S(=O)(=O)CCC2CCN(C(=O)c3cnc(OCC4CC4)c(C4CC4)c3)CC2)c(F)c1. The maximum Gasteiger partial charge on any atom is 0.255 e. The molecule has 1 aromatic heterocycles. The predicted octanol–water partition coefficient (Wildman–Crippen LogP) is 3.25. The summed E-state index contributed by atoms with van der Waals surface area (Å²) >= 11 is 0. The molecule has 3 fully saturated rings. The lowest BCUT2D eigenvalue weighted by atomic mass is 9.94. The van der Waals surface area contributed by atoms with E-state index in [2.05, 4.69) is 4.98 Å². The van der Waals surface area contributed by atoms with Crippen molar-refractivity contribution in [3.8, 4) is 5.88 Å². The molecule has 206 valence electrons. The summed E-state index contributed by atoms with van der Waals surface area (Å²) in [4.78, 5) is 18.4. The van der Waals surface area contributed by atoms with Gasteiger partial charge in [0.05, 0.1) is 22.8 Å². The average Bonchev–Trinajstić information content (AvgIpc) is 3.80. The van der Waals surface area contributed by atoms with Crippen LogP contribution in [0.25, 0.3) is 0 Å². The Kier molecular flexibility index (Phi) is 7.49. The normalized spacial score (nSPS) is 18.9. The molecule has 5 rings (SSSR count). The van der Waals surface area contributed by atoms with Crippen molar-refractivity contribution in [1.82, 2.24) is 9.88 Å². The van der Waals surface area contributed by atoms with Crippen molar-refractivity contribution in [3.63, 3.8) is 0 Å². The van der Waals surface area contributed by atoms with Gasteiger partial charge in [-0.05, 0) is 87.0 Å². The van der Waals surface area contributed by atoms with E-state index in [9.17, 15) is 26.0 Å². The molecule has 0 radical (unpaired) electrons. The zero-order chi connectivity index (χ0) is 27.1. The zero-order valence-electron chi connectivity index (χ0n) is 21.0. The van der Waals surface area contributed by atoms with Crippen LogP contribution in [0.4, 0.5) is 4.39 Å². The first-order chi connectivity index (χ1) is 18.0. The van der Waals surface area contributed by atoms with Crippen molar-refractivity contribution in [3.05, 3.63) is 47.4 Å². The van der Waals surface area contributed by atoms with Gasteiger partial charge in [-0.3, -0.25) is 4.79 Å². The summed E-state index contributed by atoms with van der Waals surface area (Å²) in [7, 11) is -8.09. The molecule has 0 spiro atoms. The maximum absolute atomic E-state index is 14.4. The monoisotopic (exact) mass is 565 g/mol. The molecule has 2 aliphatic carbocycles. The molecule has 2 heterocycles. The number of nitrogens with zero attached hydrogens (tertiary/aromatic N) is 2. The summed E-state index contributed by atoms with van der Waals surface area (Å²) < 4.78 is 68.5. The number of benzene rings is 1. The molecule has 2 N–H and O–H groups in total. The number of sulfone groups is 1. The molecule has 0 unspecified atom stereocenters. The van der Waals surface area contributed by atoms with Crippen LogP contribution in [0.1, 0.15) is 66.8 Å². The fraction of sp³-hybridized carbons (Fsp3) is 0.538. The smallest absolute Gasteiger partial charge is 0.255 e. The number of rotatable bonds is 10. The minimum atomic E-state index is -4.14. The second kappa shape index (κ2) is 10.5. The summed E-state index contributed by atoms with van der Waals surface area (Å²) in [5.41, 5.74) is 1.56. The molecule has 3 aliphatic rings. The molecule has 1 aromatic carbocycles. The van der Waals surface area contributed by atoms with Crippen LogP contribution in [-0.4, -0.2) is 58.1 Å². The van der Waals surface area contributed by atoms with E-state index in [1.165, 1.54) is 12.8 Å². The zero-order valence-corrected chi connectivity index (χ0v) is 22.6. The molecule has 0 atom stereocenters. The summed E-state index contributed by atoms with van der Waals surface area (Å²) in [5, 5.41) is 4.98. The maximum atomic E-state index is 14.4. The van der Waals surface area contributed by atoms with Crippen LogP contribution in [-0.2, 0) is 19.9 Å². The van der Waals surface area contributed by atoms with Crippen LogP contribution >= 0.6 is 0 Å². The van der Waals surface area contributed by atoms with E-state index in [1.807, 2.05) is 6.07 Å². The van der Waals surface area contributed by atoms with Crippen LogP contribution in [0, 0.1) is 17.7 Å². The number of halogens is 1. The van der Waals surface area contributed by atoms with Crippen molar-refractivity contribution >= 4 is 25.8 Å². The second-order valence-electron chi connectivity index (χ2n) is 10.6. The third kappa shape index (κ3) is 6.35. The molecule has 2 aromatic rings. The molecule has 1 amide bonds. The van der Waals surface area contributed by atoms with Crippen LogP contribution in [0.3, 0.4) is 0 Å². The number of ether oxygens (including phenoxy) is 1. The minimum absolute atomic E-state index is 0.0685. The molecular weight excluding hydrogens is 533 g/mol. The molecule has 9 nitrogen and oxygen atoms in total. The van der Waals surface area contributed by atoms with E-state index < -0.39 is 35.5 Å². The van der Waals surface area contributed by atoms with Gasteiger partial charge in [-0.1, -0.05) is 0 Å². The van der Waals surface area contributed by atoms with E-state index in [-0.39, 0.29) is 17.6 Å². The van der Waals surface area contributed by atoms with Gasteiger partial charge in [-0.25, -0.2) is 31.3 Å². The number of sulfonamides is 1. The number of piperidine rings is 1. The highest BCUT2D eigenvalue weighted by molar-refractivity contribution is 7.91. The van der Waals surface area contributed by atoms with Gasteiger partial charge < -0.3 is 9.64 Å². The molecule has 38 heavy (non-hydrogen) atoms. The largest absolute Gasteiger partial charge is 0.477 e. The Morgan fingerprint density at radius 3 is 2.34 bits per heavy atom. The summed E-state index contributed by atoms with van der Waals surface area (Å²) in [6.07, 6.45) is 7.73. The Labute approximate surface area is 222 Å². The first-order valence-corrected chi connectivity index (χ1v) is 16.2. The van der Waals surface area contributed by atoms with Gasteiger partial charge in [0.25, 0.3) is 5.91 Å².